The van der Waals surface area contributed by atoms with Gasteiger partial charge in [0.15, 0.2) is 0 Å². The normalized spacial score (nSPS) is 17.7. The Hall–Kier alpha value is -1.75. The lowest BCUT2D eigenvalue weighted by molar-refractivity contribution is -0.0370. The standard InChI is InChI=1S/C15H21NO4/c1-15(2)10-20-6-5-16(15)14(17)11-7-12(18-3)9-13(8-11)19-4/h7-9H,5-6,10H2,1-4H3. The van der Waals surface area contributed by atoms with Crippen LogP contribution >= 0.6 is 0 Å². The fourth-order valence-electron chi connectivity index (χ4n) is 2.32. The highest BCUT2D eigenvalue weighted by Gasteiger charge is 2.34. The number of carbonyl (C=O) groups is 1. The first-order valence-electron chi connectivity index (χ1n) is 6.61. The molecule has 1 aliphatic rings. The molecule has 5 nitrogen and oxygen atoms in total. The van der Waals surface area contributed by atoms with Crippen molar-refractivity contribution in [2.24, 2.45) is 0 Å². The number of rotatable bonds is 3. The molecular weight excluding hydrogens is 258 g/mol. The SMILES string of the molecule is COc1cc(OC)cc(C(=O)N2CCOCC2(C)C)c1. The molecule has 0 radical (unpaired) electrons. The van der Waals surface area contributed by atoms with Gasteiger partial charge in [-0.1, -0.05) is 0 Å². The summed E-state index contributed by atoms with van der Waals surface area (Å²) in [7, 11) is 3.14. The molecule has 1 fully saturated rings. The largest absolute Gasteiger partial charge is 0.497 e. The van der Waals surface area contributed by atoms with E-state index in [0.29, 0.717) is 36.8 Å². The Morgan fingerprint density at radius 2 is 1.80 bits per heavy atom. The number of amides is 1. The number of benzene rings is 1. The molecule has 110 valence electrons. The van der Waals surface area contributed by atoms with Crippen molar-refractivity contribution in [2.45, 2.75) is 19.4 Å². The van der Waals surface area contributed by atoms with E-state index in [1.165, 1.54) is 0 Å². The van der Waals surface area contributed by atoms with Crippen molar-refractivity contribution in [3.8, 4) is 11.5 Å². The van der Waals surface area contributed by atoms with E-state index in [9.17, 15) is 4.79 Å². The van der Waals surface area contributed by atoms with E-state index in [1.807, 2.05) is 18.7 Å². The minimum Gasteiger partial charge on any atom is -0.497 e. The average molecular weight is 279 g/mol. The average Bonchev–Trinajstić information content (AvgIpc) is 2.45. The molecule has 1 aromatic rings. The fourth-order valence-corrected chi connectivity index (χ4v) is 2.32. The second kappa shape index (κ2) is 5.71. The Kier molecular flexibility index (Phi) is 4.18. The molecule has 0 N–H and O–H groups in total. The number of nitrogens with zero attached hydrogens (tertiary/aromatic N) is 1. The molecule has 1 aromatic carbocycles. The van der Waals surface area contributed by atoms with E-state index in [4.69, 9.17) is 14.2 Å². The van der Waals surface area contributed by atoms with Crippen LogP contribution < -0.4 is 9.47 Å². The van der Waals surface area contributed by atoms with Gasteiger partial charge in [0, 0.05) is 18.2 Å². The summed E-state index contributed by atoms with van der Waals surface area (Å²) < 4.78 is 15.9. The maximum absolute atomic E-state index is 12.7. The number of methoxy groups -OCH3 is 2. The van der Waals surface area contributed by atoms with E-state index >= 15 is 0 Å². The molecule has 0 saturated carbocycles. The van der Waals surface area contributed by atoms with Crippen LogP contribution in [-0.4, -0.2) is 50.3 Å². The first-order chi connectivity index (χ1) is 9.47. The van der Waals surface area contributed by atoms with Gasteiger partial charge in [-0.3, -0.25) is 4.79 Å². The topological polar surface area (TPSA) is 48.0 Å². The summed E-state index contributed by atoms with van der Waals surface area (Å²) in [5.74, 6) is 1.19. The van der Waals surface area contributed by atoms with Gasteiger partial charge in [0.1, 0.15) is 11.5 Å². The van der Waals surface area contributed by atoms with Crippen molar-refractivity contribution in [3.05, 3.63) is 23.8 Å². The van der Waals surface area contributed by atoms with Gasteiger partial charge >= 0.3 is 0 Å². The maximum atomic E-state index is 12.7. The first-order valence-corrected chi connectivity index (χ1v) is 6.61. The minimum atomic E-state index is -0.314. The van der Waals surface area contributed by atoms with Gasteiger partial charge in [-0.05, 0) is 26.0 Å². The highest BCUT2D eigenvalue weighted by atomic mass is 16.5. The zero-order valence-corrected chi connectivity index (χ0v) is 12.4. The molecule has 1 heterocycles. The van der Waals surface area contributed by atoms with E-state index in [2.05, 4.69) is 0 Å². The minimum absolute atomic E-state index is 0.0319. The molecule has 1 saturated heterocycles. The predicted octanol–water partition coefficient (Wildman–Crippen LogP) is 1.95. The van der Waals surface area contributed by atoms with Gasteiger partial charge in [0.05, 0.1) is 33.0 Å². The number of carbonyl (C=O) groups excluding carboxylic acids is 1. The second-order valence-electron chi connectivity index (χ2n) is 5.42. The summed E-state index contributed by atoms with van der Waals surface area (Å²) >= 11 is 0. The van der Waals surface area contributed by atoms with Crippen LogP contribution in [0.2, 0.25) is 0 Å². The van der Waals surface area contributed by atoms with Crippen LogP contribution in [0.1, 0.15) is 24.2 Å². The Morgan fingerprint density at radius 3 is 2.30 bits per heavy atom. The smallest absolute Gasteiger partial charge is 0.254 e. The molecule has 20 heavy (non-hydrogen) atoms. The molecular formula is C15H21NO4. The first kappa shape index (κ1) is 14.7. The van der Waals surface area contributed by atoms with Crippen LogP contribution in [0, 0.1) is 0 Å². The molecule has 0 aliphatic carbocycles. The molecule has 1 aliphatic heterocycles. The van der Waals surface area contributed by atoms with Crippen molar-refractivity contribution in [3.63, 3.8) is 0 Å². The van der Waals surface area contributed by atoms with Crippen molar-refractivity contribution in [1.29, 1.82) is 0 Å². The molecule has 0 bridgehead atoms. The third-order valence-corrected chi connectivity index (χ3v) is 3.49. The lowest BCUT2D eigenvalue weighted by Gasteiger charge is -2.42. The summed E-state index contributed by atoms with van der Waals surface area (Å²) in [5.41, 5.74) is 0.252. The monoisotopic (exact) mass is 279 g/mol. The third-order valence-electron chi connectivity index (χ3n) is 3.49. The Morgan fingerprint density at radius 1 is 1.20 bits per heavy atom. The maximum Gasteiger partial charge on any atom is 0.254 e. The van der Waals surface area contributed by atoms with Crippen molar-refractivity contribution in [1.82, 2.24) is 4.90 Å². The number of hydrogen-bond acceptors (Lipinski definition) is 4. The van der Waals surface area contributed by atoms with Gasteiger partial charge in [0.25, 0.3) is 5.91 Å². The number of hydrogen-bond donors (Lipinski definition) is 0. The number of ether oxygens (including phenoxy) is 3. The highest BCUT2D eigenvalue weighted by Crippen LogP contribution is 2.27. The molecule has 0 aromatic heterocycles. The highest BCUT2D eigenvalue weighted by molar-refractivity contribution is 5.95. The van der Waals surface area contributed by atoms with Gasteiger partial charge < -0.3 is 19.1 Å². The molecule has 5 heteroatoms. The van der Waals surface area contributed by atoms with Crippen LogP contribution in [0.25, 0.3) is 0 Å². The molecule has 2 rings (SSSR count). The zero-order valence-electron chi connectivity index (χ0n) is 12.4. The van der Waals surface area contributed by atoms with Crippen molar-refractivity contribution in [2.75, 3.05) is 34.0 Å². The summed E-state index contributed by atoms with van der Waals surface area (Å²) in [5, 5.41) is 0. The molecule has 0 atom stereocenters. The molecule has 0 spiro atoms. The van der Waals surface area contributed by atoms with Crippen LogP contribution in [0.4, 0.5) is 0 Å². The van der Waals surface area contributed by atoms with Crippen LogP contribution in [0.3, 0.4) is 0 Å². The summed E-state index contributed by atoms with van der Waals surface area (Å²) in [6, 6.07) is 5.22. The van der Waals surface area contributed by atoms with Crippen LogP contribution in [-0.2, 0) is 4.74 Å². The van der Waals surface area contributed by atoms with Crippen molar-refractivity contribution >= 4 is 5.91 Å². The fraction of sp³-hybridized carbons (Fsp3) is 0.533. The lowest BCUT2D eigenvalue weighted by Crippen LogP contribution is -2.55. The van der Waals surface area contributed by atoms with Gasteiger partial charge in [0.2, 0.25) is 0 Å². The van der Waals surface area contributed by atoms with Gasteiger partial charge in [-0.25, -0.2) is 0 Å². The number of morpholine rings is 1. The van der Waals surface area contributed by atoms with Gasteiger partial charge in [-0.15, -0.1) is 0 Å². The summed E-state index contributed by atoms with van der Waals surface area (Å²) in [6.07, 6.45) is 0. The van der Waals surface area contributed by atoms with Gasteiger partial charge in [-0.2, -0.15) is 0 Å². The van der Waals surface area contributed by atoms with E-state index < -0.39 is 0 Å². The summed E-state index contributed by atoms with van der Waals surface area (Å²) in [6.45, 7) is 5.70. The Labute approximate surface area is 119 Å². The Balaban J connectivity index is 2.32. The summed E-state index contributed by atoms with van der Waals surface area (Å²) in [4.78, 5) is 14.5. The Bertz CT molecular complexity index is 476. The zero-order chi connectivity index (χ0) is 14.8. The van der Waals surface area contributed by atoms with E-state index in [0.717, 1.165) is 0 Å². The quantitative estimate of drug-likeness (QED) is 0.848. The van der Waals surface area contributed by atoms with Crippen molar-refractivity contribution < 1.29 is 19.0 Å². The molecule has 0 unspecified atom stereocenters. The second-order valence-corrected chi connectivity index (χ2v) is 5.42. The predicted molar refractivity (Wildman–Crippen MR) is 75.5 cm³/mol. The van der Waals surface area contributed by atoms with E-state index in [1.54, 1.807) is 32.4 Å². The van der Waals surface area contributed by atoms with E-state index in [-0.39, 0.29) is 11.4 Å². The third kappa shape index (κ3) is 2.88. The van der Waals surface area contributed by atoms with Crippen LogP contribution in [0.5, 0.6) is 11.5 Å². The lowest BCUT2D eigenvalue weighted by atomic mass is 10.0. The molecule has 1 amide bonds. The van der Waals surface area contributed by atoms with Crippen LogP contribution in [0.15, 0.2) is 18.2 Å².